The number of nitrogens with one attached hydrogen (secondary N) is 1. The van der Waals surface area contributed by atoms with Gasteiger partial charge >= 0.3 is 0 Å². The monoisotopic (exact) mass is 255 g/mol. The second-order valence-electron chi connectivity index (χ2n) is 5.59. The van der Waals surface area contributed by atoms with Gasteiger partial charge in [-0.15, -0.1) is 0 Å². The molecule has 0 radical (unpaired) electrons. The molecule has 0 atom stereocenters. The highest BCUT2D eigenvalue weighted by Gasteiger charge is 2.13. The standard InChI is InChI=1S/C16H21N3/c1-12-8-9-15-13(10-12)11-17-16(19-15)18-14-6-4-2-3-5-7-14/h8-11,14H,2-7H2,1H3,(H,17,18,19). The molecule has 3 nitrogen and oxygen atoms in total. The van der Waals surface area contributed by atoms with Gasteiger partial charge in [0, 0.05) is 17.6 Å². The van der Waals surface area contributed by atoms with Crippen LogP contribution in [0, 0.1) is 6.92 Å². The molecule has 1 aliphatic carbocycles. The summed E-state index contributed by atoms with van der Waals surface area (Å²) in [5.74, 6) is 0.781. The van der Waals surface area contributed by atoms with Crippen molar-refractivity contribution in [1.29, 1.82) is 0 Å². The first-order chi connectivity index (χ1) is 9.31. The normalized spacial score (nSPS) is 17.3. The van der Waals surface area contributed by atoms with Crippen LogP contribution >= 0.6 is 0 Å². The Balaban J connectivity index is 1.78. The van der Waals surface area contributed by atoms with Crippen LogP contribution in [0.25, 0.3) is 10.9 Å². The van der Waals surface area contributed by atoms with Gasteiger partial charge in [-0.25, -0.2) is 9.97 Å². The molecule has 0 spiro atoms. The molecular formula is C16H21N3. The molecule has 0 unspecified atom stereocenters. The van der Waals surface area contributed by atoms with Gasteiger partial charge in [-0.05, 0) is 31.9 Å². The Bertz CT molecular complexity index is 557. The van der Waals surface area contributed by atoms with E-state index in [-0.39, 0.29) is 0 Å². The van der Waals surface area contributed by atoms with Crippen molar-refractivity contribution in [3.63, 3.8) is 0 Å². The zero-order valence-corrected chi connectivity index (χ0v) is 11.5. The van der Waals surface area contributed by atoms with Gasteiger partial charge in [0.1, 0.15) is 0 Å². The summed E-state index contributed by atoms with van der Waals surface area (Å²) in [5, 5.41) is 4.62. The summed E-state index contributed by atoms with van der Waals surface area (Å²) in [7, 11) is 0. The van der Waals surface area contributed by atoms with Crippen molar-refractivity contribution in [3.8, 4) is 0 Å². The third-order valence-corrected chi connectivity index (χ3v) is 3.92. The van der Waals surface area contributed by atoms with E-state index < -0.39 is 0 Å². The van der Waals surface area contributed by atoms with E-state index >= 15 is 0 Å². The Morgan fingerprint density at radius 2 is 1.89 bits per heavy atom. The number of benzene rings is 1. The number of anilines is 1. The minimum atomic E-state index is 0.547. The zero-order valence-electron chi connectivity index (χ0n) is 11.5. The summed E-state index contributed by atoms with van der Waals surface area (Å²) >= 11 is 0. The van der Waals surface area contributed by atoms with Gasteiger partial charge in [0.25, 0.3) is 0 Å². The molecular weight excluding hydrogens is 234 g/mol. The van der Waals surface area contributed by atoms with Crippen molar-refractivity contribution in [2.24, 2.45) is 0 Å². The lowest BCUT2D eigenvalue weighted by molar-refractivity contribution is 0.615. The molecule has 100 valence electrons. The maximum atomic E-state index is 4.62. The molecule has 1 saturated carbocycles. The second kappa shape index (κ2) is 5.55. The first-order valence-corrected chi connectivity index (χ1v) is 7.31. The predicted molar refractivity (Wildman–Crippen MR) is 79.4 cm³/mol. The highest BCUT2D eigenvalue weighted by atomic mass is 15.1. The van der Waals surface area contributed by atoms with E-state index in [4.69, 9.17) is 0 Å². The fourth-order valence-corrected chi connectivity index (χ4v) is 2.83. The molecule has 1 heterocycles. The molecule has 1 aliphatic rings. The number of hydrogen-bond donors (Lipinski definition) is 1. The number of nitrogens with zero attached hydrogens (tertiary/aromatic N) is 2. The van der Waals surface area contributed by atoms with Crippen LogP contribution in [0.2, 0.25) is 0 Å². The Labute approximate surface area is 114 Å². The van der Waals surface area contributed by atoms with Gasteiger partial charge in [-0.2, -0.15) is 0 Å². The first-order valence-electron chi connectivity index (χ1n) is 7.31. The second-order valence-corrected chi connectivity index (χ2v) is 5.59. The lowest BCUT2D eigenvalue weighted by Gasteiger charge is -2.16. The fourth-order valence-electron chi connectivity index (χ4n) is 2.83. The molecule has 3 rings (SSSR count). The van der Waals surface area contributed by atoms with E-state index in [0.717, 1.165) is 16.9 Å². The van der Waals surface area contributed by atoms with Crippen LogP contribution in [0.15, 0.2) is 24.4 Å². The molecule has 0 amide bonds. The maximum absolute atomic E-state index is 4.62. The van der Waals surface area contributed by atoms with Crippen LogP contribution in [0.5, 0.6) is 0 Å². The maximum Gasteiger partial charge on any atom is 0.223 e. The molecule has 2 aromatic rings. The van der Waals surface area contributed by atoms with Gasteiger partial charge in [0.05, 0.1) is 5.52 Å². The molecule has 3 heteroatoms. The molecule has 19 heavy (non-hydrogen) atoms. The van der Waals surface area contributed by atoms with Crippen molar-refractivity contribution in [2.75, 3.05) is 5.32 Å². The number of fused-ring (bicyclic) bond motifs is 1. The summed E-state index contributed by atoms with van der Waals surface area (Å²) in [6, 6.07) is 6.85. The third kappa shape index (κ3) is 3.03. The summed E-state index contributed by atoms with van der Waals surface area (Å²) in [6.45, 7) is 2.09. The Morgan fingerprint density at radius 1 is 1.11 bits per heavy atom. The van der Waals surface area contributed by atoms with E-state index in [1.807, 2.05) is 6.20 Å². The largest absolute Gasteiger partial charge is 0.351 e. The molecule has 1 aromatic carbocycles. The zero-order chi connectivity index (χ0) is 13.1. The van der Waals surface area contributed by atoms with Crippen molar-refractivity contribution >= 4 is 16.9 Å². The van der Waals surface area contributed by atoms with Crippen molar-refractivity contribution < 1.29 is 0 Å². The van der Waals surface area contributed by atoms with E-state index in [0.29, 0.717) is 6.04 Å². The van der Waals surface area contributed by atoms with Gasteiger partial charge in [-0.1, -0.05) is 37.3 Å². The van der Waals surface area contributed by atoms with Crippen LogP contribution in [0.1, 0.15) is 44.1 Å². The van der Waals surface area contributed by atoms with E-state index in [2.05, 4.69) is 40.4 Å². The third-order valence-electron chi connectivity index (χ3n) is 3.92. The van der Waals surface area contributed by atoms with Crippen molar-refractivity contribution in [3.05, 3.63) is 30.0 Å². The van der Waals surface area contributed by atoms with Gasteiger partial charge in [0.15, 0.2) is 0 Å². The quantitative estimate of drug-likeness (QED) is 0.822. The van der Waals surface area contributed by atoms with Crippen LogP contribution in [0.3, 0.4) is 0 Å². The minimum absolute atomic E-state index is 0.547. The number of aryl methyl sites for hydroxylation is 1. The average Bonchev–Trinajstić information content (AvgIpc) is 2.68. The highest BCUT2D eigenvalue weighted by molar-refractivity contribution is 5.79. The molecule has 0 aliphatic heterocycles. The number of hydrogen-bond acceptors (Lipinski definition) is 3. The number of aromatic nitrogens is 2. The smallest absolute Gasteiger partial charge is 0.223 e. The lowest BCUT2D eigenvalue weighted by atomic mass is 10.1. The van der Waals surface area contributed by atoms with Crippen LogP contribution < -0.4 is 5.32 Å². The Kier molecular flexibility index (Phi) is 3.62. The number of rotatable bonds is 2. The topological polar surface area (TPSA) is 37.8 Å². The summed E-state index contributed by atoms with van der Waals surface area (Å²) < 4.78 is 0. The Hall–Kier alpha value is -1.64. The van der Waals surface area contributed by atoms with Crippen LogP contribution in [0.4, 0.5) is 5.95 Å². The Morgan fingerprint density at radius 3 is 2.68 bits per heavy atom. The minimum Gasteiger partial charge on any atom is -0.351 e. The van der Waals surface area contributed by atoms with Crippen molar-refractivity contribution in [1.82, 2.24) is 9.97 Å². The van der Waals surface area contributed by atoms with E-state index in [1.54, 1.807) is 0 Å². The predicted octanol–water partition coefficient (Wildman–Crippen LogP) is 4.07. The van der Waals surface area contributed by atoms with E-state index in [1.165, 1.54) is 44.1 Å². The molecule has 0 bridgehead atoms. The highest BCUT2D eigenvalue weighted by Crippen LogP contribution is 2.21. The van der Waals surface area contributed by atoms with Gasteiger partial charge in [-0.3, -0.25) is 0 Å². The molecule has 1 fully saturated rings. The molecule has 1 N–H and O–H groups in total. The lowest BCUT2D eigenvalue weighted by Crippen LogP contribution is -2.19. The molecule has 1 aromatic heterocycles. The fraction of sp³-hybridized carbons (Fsp3) is 0.500. The summed E-state index contributed by atoms with van der Waals surface area (Å²) in [4.78, 5) is 9.07. The SMILES string of the molecule is Cc1ccc2nc(NC3CCCCCC3)ncc2c1. The average molecular weight is 255 g/mol. The van der Waals surface area contributed by atoms with Crippen LogP contribution in [-0.2, 0) is 0 Å². The van der Waals surface area contributed by atoms with Gasteiger partial charge < -0.3 is 5.32 Å². The summed E-state index contributed by atoms with van der Waals surface area (Å²) in [6.07, 6.45) is 9.81. The van der Waals surface area contributed by atoms with Crippen LogP contribution in [-0.4, -0.2) is 16.0 Å². The first kappa shape index (κ1) is 12.4. The summed E-state index contributed by atoms with van der Waals surface area (Å²) in [5.41, 5.74) is 2.28. The van der Waals surface area contributed by atoms with Gasteiger partial charge in [0.2, 0.25) is 5.95 Å². The van der Waals surface area contributed by atoms with E-state index in [9.17, 15) is 0 Å². The van der Waals surface area contributed by atoms with Crippen molar-refractivity contribution in [2.45, 2.75) is 51.5 Å². The molecule has 0 saturated heterocycles.